The second-order valence-corrected chi connectivity index (χ2v) is 8.16. The zero-order chi connectivity index (χ0) is 20.2. The van der Waals surface area contributed by atoms with E-state index < -0.39 is 0 Å². The summed E-state index contributed by atoms with van der Waals surface area (Å²) in [4.78, 5) is 13.5. The van der Waals surface area contributed by atoms with Crippen molar-refractivity contribution < 1.29 is 4.79 Å². The normalized spacial score (nSPS) is 21.0. The molecule has 1 aromatic carbocycles. The highest BCUT2D eigenvalue weighted by molar-refractivity contribution is 5.73. The summed E-state index contributed by atoms with van der Waals surface area (Å²) < 4.78 is 0. The fraction of sp³-hybridized carbons (Fsp3) is 0.417. The van der Waals surface area contributed by atoms with Gasteiger partial charge in [-0.2, -0.15) is 5.26 Å². The first-order valence-corrected chi connectivity index (χ1v) is 10.5. The highest BCUT2D eigenvalue weighted by Gasteiger charge is 2.22. The number of carbonyl (C=O) groups excluding carboxylic acids is 1. The lowest BCUT2D eigenvalue weighted by Gasteiger charge is -2.32. The molecule has 1 aliphatic carbocycles. The van der Waals surface area contributed by atoms with Crippen LogP contribution in [-0.4, -0.2) is 30.4 Å². The van der Waals surface area contributed by atoms with Crippen LogP contribution in [0.4, 0.5) is 5.69 Å². The van der Waals surface area contributed by atoms with Gasteiger partial charge in [0.15, 0.2) is 0 Å². The lowest BCUT2D eigenvalue weighted by molar-refractivity contribution is -0.130. The summed E-state index contributed by atoms with van der Waals surface area (Å²) in [6.07, 6.45) is 13.2. The van der Waals surface area contributed by atoms with Crippen molar-refractivity contribution in [3.8, 4) is 6.07 Å². The molecule has 0 aromatic heterocycles. The summed E-state index contributed by atoms with van der Waals surface area (Å²) in [6.45, 7) is 5.13. The first kappa shape index (κ1) is 19.3. The molecule has 0 saturated carbocycles. The molecule has 2 heterocycles. The number of rotatable bonds is 4. The number of piperidine rings is 1. The number of likely N-dealkylation sites (tertiary alicyclic amines) is 1. The van der Waals surface area contributed by atoms with E-state index in [0.717, 1.165) is 51.0 Å². The monoisotopic (exact) mass is 388 g/mol. The van der Waals surface area contributed by atoms with Gasteiger partial charge in [-0.15, -0.1) is 0 Å². The molecule has 2 N–H and O–H groups in total. The van der Waals surface area contributed by atoms with Gasteiger partial charge in [-0.1, -0.05) is 18.2 Å². The molecule has 1 amide bonds. The van der Waals surface area contributed by atoms with E-state index >= 15 is 0 Å². The van der Waals surface area contributed by atoms with Gasteiger partial charge in [0, 0.05) is 55.8 Å². The van der Waals surface area contributed by atoms with Crippen molar-refractivity contribution in [3.05, 3.63) is 58.8 Å². The Morgan fingerprint density at radius 1 is 1.31 bits per heavy atom. The van der Waals surface area contributed by atoms with E-state index in [0.29, 0.717) is 5.92 Å². The zero-order valence-electron chi connectivity index (χ0n) is 16.9. The van der Waals surface area contributed by atoms with Crippen LogP contribution in [0.15, 0.2) is 42.1 Å². The van der Waals surface area contributed by atoms with Crippen molar-refractivity contribution in [3.63, 3.8) is 0 Å². The van der Waals surface area contributed by atoms with Crippen LogP contribution in [0.1, 0.15) is 48.8 Å². The predicted octanol–water partition coefficient (Wildman–Crippen LogP) is 3.92. The maximum atomic E-state index is 11.5. The van der Waals surface area contributed by atoms with Crippen LogP contribution in [0.2, 0.25) is 0 Å². The molecule has 5 heteroatoms. The average molecular weight is 389 g/mol. The number of benzene rings is 1. The van der Waals surface area contributed by atoms with Crippen molar-refractivity contribution in [2.75, 3.05) is 25.0 Å². The zero-order valence-corrected chi connectivity index (χ0v) is 16.9. The van der Waals surface area contributed by atoms with Crippen LogP contribution in [0.5, 0.6) is 0 Å². The van der Waals surface area contributed by atoms with E-state index in [4.69, 9.17) is 0 Å². The molecule has 1 aromatic rings. The molecule has 1 unspecified atom stereocenters. The Morgan fingerprint density at radius 3 is 2.90 bits per heavy atom. The first-order valence-electron chi connectivity index (χ1n) is 10.5. The topological polar surface area (TPSA) is 68.2 Å². The second kappa shape index (κ2) is 8.57. The molecule has 0 bridgehead atoms. The minimum atomic E-state index is 0.183. The highest BCUT2D eigenvalue weighted by atomic mass is 16.2. The molecule has 1 fully saturated rings. The third-order valence-electron chi connectivity index (χ3n) is 6.23. The van der Waals surface area contributed by atoms with Crippen LogP contribution in [0.3, 0.4) is 0 Å². The van der Waals surface area contributed by atoms with Crippen molar-refractivity contribution in [1.29, 1.82) is 5.26 Å². The maximum absolute atomic E-state index is 11.5. The third-order valence-corrected chi connectivity index (χ3v) is 6.23. The van der Waals surface area contributed by atoms with Crippen LogP contribution in [0.25, 0.3) is 6.08 Å². The Bertz CT molecular complexity index is 914. The summed E-state index contributed by atoms with van der Waals surface area (Å²) in [5, 5.41) is 16.3. The number of fused-ring (bicyclic) bond motifs is 1. The number of hydrogen-bond donors (Lipinski definition) is 2. The Kier molecular flexibility index (Phi) is 5.71. The summed E-state index contributed by atoms with van der Waals surface area (Å²) in [5.41, 5.74) is 5.72. The van der Waals surface area contributed by atoms with E-state index in [2.05, 4.69) is 47.1 Å². The van der Waals surface area contributed by atoms with Crippen molar-refractivity contribution in [2.24, 2.45) is 5.92 Å². The van der Waals surface area contributed by atoms with E-state index in [1.54, 1.807) is 6.92 Å². The molecule has 0 spiro atoms. The molecule has 0 radical (unpaired) electrons. The van der Waals surface area contributed by atoms with Gasteiger partial charge in [0.2, 0.25) is 5.91 Å². The minimum absolute atomic E-state index is 0.183. The molecule has 29 heavy (non-hydrogen) atoms. The second-order valence-electron chi connectivity index (χ2n) is 8.16. The van der Waals surface area contributed by atoms with Gasteiger partial charge in [0.25, 0.3) is 0 Å². The number of hydrogen-bond acceptors (Lipinski definition) is 4. The van der Waals surface area contributed by atoms with Crippen LogP contribution in [0, 0.1) is 17.2 Å². The van der Waals surface area contributed by atoms with Gasteiger partial charge in [-0.25, -0.2) is 0 Å². The molecule has 4 rings (SSSR count). The molecule has 1 saturated heterocycles. The molecular weight excluding hydrogens is 360 g/mol. The number of nitrogens with zero attached hydrogens (tertiary/aromatic N) is 2. The lowest BCUT2D eigenvalue weighted by atomic mass is 9.87. The van der Waals surface area contributed by atoms with Gasteiger partial charge in [0.1, 0.15) is 0 Å². The third kappa shape index (κ3) is 4.37. The predicted molar refractivity (Wildman–Crippen MR) is 116 cm³/mol. The summed E-state index contributed by atoms with van der Waals surface area (Å²) in [6, 6.07) is 6.79. The van der Waals surface area contributed by atoms with Crippen LogP contribution >= 0.6 is 0 Å². The summed E-state index contributed by atoms with van der Waals surface area (Å²) in [5.74, 6) is 1.00. The van der Waals surface area contributed by atoms with Gasteiger partial charge in [-0.3, -0.25) is 4.79 Å². The number of amides is 1. The van der Waals surface area contributed by atoms with Crippen LogP contribution < -0.4 is 10.6 Å². The molecule has 2 aliphatic heterocycles. The van der Waals surface area contributed by atoms with Crippen molar-refractivity contribution in [1.82, 2.24) is 10.2 Å². The fourth-order valence-corrected chi connectivity index (χ4v) is 4.44. The number of nitrogens with one attached hydrogen (secondary N) is 2. The van der Waals surface area contributed by atoms with Crippen molar-refractivity contribution in [2.45, 2.75) is 38.6 Å². The maximum Gasteiger partial charge on any atom is 0.219 e. The van der Waals surface area contributed by atoms with Gasteiger partial charge < -0.3 is 15.5 Å². The summed E-state index contributed by atoms with van der Waals surface area (Å²) in [7, 11) is 0. The van der Waals surface area contributed by atoms with Crippen molar-refractivity contribution >= 4 is 17.7 Å². The fourth-order valence-electron chi connectivity index (χ4n) is 4.44. The number of nitriles is 1. The largest absolute Gasteiger partial charge is 0.387 e. The molecule has 150 valence electrons. The summed E-state index contributed by atoms with van der Waals surface area (Å²) >= 11 is 0. The van der Waals surface area contributed by atoms with Gasteiger partial charge in [-0.05, 0) is 60.7 Å². The van der Waals surface area contributed by atoms with Gasteiger partial charge in [0.05, 0.1) is 6.07 Å². The van der Waals surface area contributed by atoms with Crippen LogP contribution in [-0.2, 0) is 11.3 Å². The highest BCUT2D eigenvalue weighted by Crippen LogP contribution is 2.34. The smallest absolute Gasteiger partial charge is 0.219 e. The van der Waals surface area contributed by atoms with E-state index in [1.165, 1.54) is 22.4 Å². The number of anilines is 1. The lowest BCUT2D eigenvalue weighted by Crippen LogP contribution is -2.38. The number of allylic oxidation sites excluding steroid dienone is 4. The van der Waals surface area contributed by atoms with E-state index in [9.17, 15) is 10.1 Å². The Morgan fingerprint density at radius 2 is 2.14 bits per heavy atom. The standard InChI is InChI=1S/C24H28N4O/c1-17(29)28-9-6-18(7-10-28)15-27-24-13-22(12-21-5-8-26-16-23(21)24)20-4-2-3-19(11-20)14-25/h2-3,5,8,11-13,18,20,26-27H,4,6-7,9-10,15-16H2,1H3. The molecule has 3 aliphatic rings. The Hall–Kier alpha value is -3.00. The molecule has 5 nitrogen and oxygen atoms in total. The molecular formula is C24H28N4O. The first-order chi connectivity index (χ1) is 14.1. The van der Waals surface area contributed by atoms with Gasteiger partial charge >= 0.3 is 0 Å². The quantitative estimate of drug-likeness (QED) is 0.820. The van der Waals surface area contributed by atoms with E-state index in [-0.39, 0.29) is 11.8 Å². The average Bonchev–Trinajstić information content (AvgIpc) is 2.77. The minimum Gasteiger partial charge on any atom is -0.387 e. The molecule has 1 atom stereocenters. The van der Waals surface area contributed by atoms with E-state index in [1.807, 2.05) is 17.2 Å². The Labute approximate surface area is 172 Å². The SMILES string of the molecule is CC(=O)N1CCC(CNc2cc(C3C=C(C#N)C=CC3)cc3c2CNC=C3)CC1. The number of carbonyl (C=O) groups is 1. The Balaban J connectivity index is 1.51.